The van der Waals surface area contributed by atoms with E-state index in [1.54, 1.807) is 0 Å². The van der Waals surface area contributed by atoms with Crippen molar-refractivity contribution in [1.82, 2.24) is 0 Å². The normalized spacial score (nSPS) is 9.23. The van der Waals surface area contributed by atoms with Crippen LogP contribution in [0.25, 0.3) is 0 Å². The topological polar surface area (TPSA) is 32.3 Å². The van der Waals surface area contributed by atoms with Crippen LogP contribution in [0.2, 0.25) is 0 Å². The number of hydrogen-bond acceptors (Lipinski definition) is 2. The van der Waals surface area contributed by atoms with Crippen LogP contribution in [-0.4, -0.2) is 18.3 Å². The van der Waals surface area contributed by atoms with Crippen molar-refractivity contribution in [1.29, 1.82) is 0 Å². The quantitative estimate of drug-likeness (QED) is 0.536. The largest absolute Gasteiger partial charge is 0.396 e. The lowest BCUT2D eigenvalue weighted by atomic mass is 10.2. The summed E-state index contributed by atoms with van der Waals surface area (Å²) in [6, 6.07) is 7.67. The Kier molecular flexibility index (Phi) is 3.87. The number of anilines is 1. The highest BCUT2D eigenvalue weighted by molar-refractivity contribution is 5.49. The molecule has 0 unspecified atom stereocenters. The minimum Gasteiger partial charge on any atom is -0.396 e. The predicted molar refractivity (Wildman–Crippen MR) is 54.6 cm³/mol. The minimum atomic E-state index is 0.210. The second-order valence-electron chi connectivity index (χ2n) is 2.73. The highest BCUT2D eigenvalue weighted by Gasteiger charge is 1.91. The van der Waals surface area contributed by atoms with Crippen LogP contribution in [0.15, 0.2) is 24.3 Å². The summed E-state index contributed by atoms with van der Waals surface area (Å²) in [7, 11) is 0. The third-order valence-corrected chi connectivity index (χ3v) is 1.69. The van der Waals surface area contributed by atoms with Gasteiger partial charge in [-0.15, -0.1) is 6.42 Å². The van der Waals surface area contributed by atoms with Gasteiger partial charge in [0.2, 0.25) is 0 Å². The highest BCUT2D eigenvalue weighted by Crippen LogP contribution is 2.09. The van der Waals surface area contributed by atoms with Crippen molar-refractivity contribution >= 4 is 5.69 Å². The van der Waals surface area contributed by atoms with Crippen LogP contribution in [0.4, 0.5) is 5.69 Å². The number of benzene rings is 1. The van der Waals surface area contributed by atoms with E-state index in [-0.39, 0.29) is 6.61 Å². The molecule has 0 aliphatic heterocycles. The second-order valence-corrected chi connectivity index (χ2v) is 2.73. The maximum absolute atomic E-state index is 8.57. The van der Waals surface area contributed by atoms with Gasteiger partial charge in [-0.3, -0.25) is 0 Å². The Hall–Kier alpha value is -1.46. The molecule has 0 fully saturated rings. The van der Waals surface area contributed by atoms with E-state index in [1.807, 2.05) is 24.3 Å². The Bertz CT molecular complexity index is 301. The van der Waals surface area contributed by atoms with Crippen molar-refractivity contribution in [3.8, 4) is 12.3 Å². The molecule has 0 aliphatic carbocycles. The van der Waals surface area contributed by atoms with Crippen molar-refractivity contribution in [3.63, 3.8) is 0 Å². The van der Waals surface area contributed by atoms with E-state index in [0.29, 0.717) is 0 Å². The van der Waals surface area contributed by atoms with Gasteiger partial charge < -0.3 is 10.4 Å². The number of aliphatic hydroxyl groups is 1. The number of aliphatic hydroxyl groups excluding tert-OH is 1. The zero-order chi connectivity index (χ0) is 9.52. The molecule has 2 N–H and O–H groups in total. The smallest absolute Gasteiger partial charge is 0.0447 e. The van der Waals surface area contributed by atoms with Crippen LogP contribution in [0.3, 0.4) is 0 Å². The Labute approximate surface area is 78.6 Å². The molecule has 1 aromatic rings. The summed E-state index contributed by atoms with van der Waals surface area (Å²) in [5, 5.41) is 11.7. The fourth-order valence-corrected chi connectivity index (χ4v) is 1.03. The minimum absolute atomic E-state index is 0.210. The molecular weight excluding hydrogens is 162 g/mol. The van der Waals surface area contributed by atoms with E-state index < -0.39 is 0 Å². The number of rotatable bonds is 4. The maximum Gasteiger partial charge on any atom is 0.0447 e. The first-order chi connectivity index (χ1) is 6.36. The second kappa shape index (κ2) is 5.23. The van der Waals surface area contributed by atoms with E-state index in [9.17, 15) is 0 Å². The fourth-order valence-electron chi connectivity index (χ4n) is 1.03. The molecule has 0 aliphatic rings. The van der Waals surface area contributed by atoms with Crippen LogP contribution >= 0.6 is 0 Å². The van der Waals surface area contributed by atoms with Crippen molar-refractivity contribution < 1.29 is 5.11 Å². The van der Waals surface area contributed by atoms with E-state index in [4.69, 9.17) is 11.5 Å². The fraction of sp³-hybridized carbons (Fsp3) is 0.273. The molecule has 0 atom stereocenters. The molecule has 1 aromatic carbocycles. The molecule has 0 radical (unpaired) electrons. The van der Waals surface area contributed by atoms with Gasteiger partial charge in [-0.25, -0.2) is 0 Å². The Morgan fingerprint density at radius 2 is 2.31 bits per heavy atom. The molecular formula is C11H13NO. The lowest BCUT2D eigenvalue weighted by molar-refractivity contribution is 0.292. The first-order valence-corrected chi connectivity index (χ1v) is 4.28. The summed E-state index contributed by atoms with van der Waals surface area (Å²) >= 11 is 0. The van der Waals surface area contributed by atoms with Crippen LogP contribution in [0.1, 0.15) is 12.0 Å². The molecule has 0 aromatic heterocycles. The van der Waals surface area contributed by atoms with Gasteiger partial charge >= 0.3 is 0 Å². The van der Waals surface area contributed by atoms with Crippen molar-refractivity contribution in [2.45, 2.75) is 6.42 Å². The van der Waals surface area contributed by atoms with Gasteiger partial charge in [0.1, 0.15) is 0 Å². The first kappa shape index (κ1) is 9.63. The lowest BCUT2D eigenvalue weighted by Gasteiger charge is -2.04. The molecule has 0 saturated carbocycles. The van der Waals surface area contributed by atoms with Crippen molar-refractivity contribution in [2.24, 2.45) is 0 Å². The number of hydrogen-bond donors (Lipinski definition) is 2. The lowest BCUT2D eigenvalue weighted by Crippen LogP contribution is -2.03. The zero-order valence-corrected chi connectivity index (χ0v) is 7.46. The molecule has 0 spiro atoms. The van der Waals surface area contributed by atoms with Crippen LogP contribution in [0.5, 0.6) is 0 Å². The SMILES string of the molecule is C#Cc1cccc(NCCCO)c1. The third kappa shape index (κ3) is 3.18. The van der Waals surface area contributed by atoms with Crippen LogP contribution < -0.4 is 5.32 Å². The summed E-state index contributed by atoms with van der Waals surface area (Å²) in [4.78, 5) is 0. The molecule has 0 heterocycles. The molecule has 0 amide bonds. The van der Waals surface area contributed by atoms with Gasteiger partial charge in [-0.2, -0.15) is 0 Å². The average Bonchev–Trinajstić information content (AvgIpc) is 2.19. The monoisotopic (exact) mass is 175 g/mol. The summed E-state index contributed by atoms with van der Waals surface area (Å²) in [6.07, 6.45) is 6.01. The van der Waals surface area contributed by atoms with E-state index in [0.717, 1.165) is 24.2 Å². The van der Waals surface area contributed by atoms with Gasteiger partial charge in [0.15, 0.2) is 0 Å². The maximum atomic E-state index is 8.57. The predicted octanol–water partition coefficient (Wildman–Crippen LogP) is 1.46. The van der Waals surface area contributed by atoms with Crippen molar-refractivity contribution in [2.75, 3.05) is 18.5 Å². The van der Waals surface area contributed by atoms with Gasteiger partial charge in [0.05, 0.1) is 0 Å². The van der Waals surface area contributed by atoms with Gasteiger partial charge in [-0.1, -0.05) is 12.0 Å². The standard InChI is InChI=1S/C11H13NO/c1-2-10-5-3-6-11(9-10)12-7-4-8-13/h1,3,5-6,9,12-13H,4,7-8H2. The molecule has 0 bridgehead atoms. The number of terminal acetylenes is 1. The Morgan fingerprint density at radius 1 is 1.46 bits per heavy atom. The van der Waals surface area contributed by atoms with E-state index in [2.05, 4.69) is 11.2 Å². The molecule has 1 rings (SSSR count). The summed E-state index contributed by atoms with van der Waals surface area (Å²) in [6.45, 7) is 0.979. The van der Waals surface area contributed by atoms with Gasteiger partial charge in [0, 0.05) is 24.4 Å². The highest BCUT2D eigenvalue weighted by atomic mass is 16.3. The summed E-state index contributed by atoms with van der Waals surface area (Å²) in [5.74, 6) is 2.57. The van der Waals surface area contributed by atoms with E-state index in [1.165, 1.54) is 0 Å². The average molecular weight is 175 g/mol. The van der Waals surface area contributed by atoms with Gasteiger partial charge in [-0.05, 0) is 24.6 Å². The van der Waals surface area contributed by atoms with Crippen LogP contribution in [0, 0.1) is 12.3 Å². The van der Waals surface area contributed by atoms with E-state index >= 15 is 0 Å². The third-order valence-electron chi connectivity index (χ3n) is 1.69. The Morgan fingerprint density at radius 3 is 3.00 bits per heavy atom. The first-order valence-electron chi connectivity index (χ1n) is 4.28. The zero-order valence-electron chi connectivity index (χ0n) is 7.46. The summed E-state index contributed by atoms with van der Waals surface area (Å²) in [5.41, 5.74) is 1.87. The molecule has 13 heavy (non-hydrogen) atoms. The van der Waals surface area contributed by atoms with Crippen molar-refractivity contribution in [3.05, 3.63) is 29.8 Å². The molecule has 68 valence electrons. The summed E-state index contributed by atoms with van der Waals surface area (Å²) < 4.78 is 0. The molecule has 0 saturated heterocycles. The molecule has 2 nitrogen and oxygen atoms in total. The van der Waals surface area contributed by atoms with Gasteiger partial charge in [0.25, 0.3) is 0 Å². The molecule has 2 heteroatoms. The Balaban J connectivity index is 2.52. The van der Waals surface area contributed by atoms with Crippen LogP contribution in [-0.2, 0) is 0 Å². The number of nitrogens with one attached hydrogen (secondary N) is 1.